The second-order valence-corrected chi connectivity index (χ2v) is 5.76. The molecule has 1 amide bonds. The topological polar surface area (TPSA) is 48.5 Å². The highest BCUT2D eigenvalue weighted by Gasteiger charge is 2.22. The molecule has 0 aromatic carbocycles. The highest BCUT2D eigenvalue weighted by Crippen LogP contribution is 2.07. The highest BCUT2D eigenvalue weighted by atomic mass is 79.9. The van der Waals surface area contributed by atoms with Crippen LogP contribution in [0.4, 0.5) is 0 Å². The summed E-state index contributed by atoms with van der Waals surface area (Å²) in [5.74, 6) is -0.122. The number of pyridine rings is 1. The van der Waals surface area contributed by atoms with Gasteiger partial charge in [0.25, 0.3) is 5.91 Å². The van der Waals surface area contributed by atoms with Gasteiger partial charge in [-0.25, -0.2) is 4.98 Å². The minimum Gasteiger partial charge on any atom is -0.349 e. The average molecular weight is 327 g/mol. The van der Waals surface area contributed by atoms with Crippen LogP contribution in [0.2, 0.25) is 0 Å². The molecule has 1 unspecified atom stereocenters. The number of hydrogen-bond donors (Lipinski definition) is 1. The first-order chi connectivity index (χ1) is 9.06. The van der Waals surface area contributed by atoms with Crippen LogP contribution in [0.3, 0.4) is 0 Å². The van der Waals surface area contributed by atoms with Crippen LogP contribution < -0.4 is 5.32 Å². The van der Waals surface area contributed by atoms with Crippen molar-refractivity contribution in [2.75, 3.05) is 40.3 Å². The molecule has 0 aliphatic carbocycles. The van der Waals surface area contributed by atoms with Gasteiger partial charge in [0.2, 0.25) is 0 Å². The third-order valence-electron chi connectivity index (χ3n) is 3.43. The van der Waals surface area contributed by atoms with E-state index in [1.807, 2.05) is 6.07 Å². The Balaban J connectivity index is 1.89. The first-order valence-corrected chi connectivity index (χ1v) is 7.15. The molecule has 1 saturated heterocycles. The molecule has 0 saturated carbocycles. The summed E-state index contributed by atoms with van der Waals surface area (Å²) in [4.78, 5) is 20.7. The van der Waals surface area contributed by atoms with Gasteiger partial charge in [0, 0.05) is 32.2 Å². The summed E-state index contributed by atoms with van der Waals surface area (Å²) in [6, 6.07) is 5.69. The van der Waals surface area contributed by atoms with E-state index in [1.54, 1.807) is 12.1 Å². The van der Waals surface area contributed by atoms with Crippen LogP contribution in [0.1, 0.15) is 10.5 Å². The zero-order valence-corrected chi connectivity index (χ0v) is 12.9. The van der Waals surface area contributed by atoms with E-state index in [-0.39, 0.29) is 5.91 Å². The van der Waals surface area contributed by atoms with Crippen molar-refractivity contribution in [1.82, 2.24) is 20.1 Å². The van der Waals surface area contributed by atoms with Crippen LogP contribution in [-0.4, -0.2) is 67.0 Å². The molecular formula is C13H19BrN4O. The normalized spacial score (nSPS) is 21.3. The maximum atomic E-state index is 12.0. The van der Waals surface area contributed by atoms with Gasteiger partial charge in [-0.2, -0.15) is 0 Å². The van der Waals surface area contributed by atoms with Crippen LogP contribution in [0.25, 0.3) is 0 Å². The average Bonchev–Trinajstić information content (AvgIpc) is 2.39. The zero-order valence-electron chi connectivity index (χ0n) is 11.3. The van der Waals surface area contributed by atoms with Crippen molar-refractivity contribution >= 4 is 21.8 Å². The molecular weight excluding hydrogens is 308 g/mol. The van der Waals surface area contributed by atoms with Crippen LogP contribution in [0.15, 0.2) is 22.8 Å². The molecule has 2 heterocycles. The number of rotatable bonds is 3. The summed E-state index contributed by atoms with van der Waals surface area (Å²) >= 11 is 3.27. The largest absolute Gasteiger partial charge is 0.349 e. The van der Waals surface area contributed by atoms with E-state index < -0.39 is 0 Å². The third kappa shape index (κ3) is 3.99. The second-order valence-electron chi connectivity index (χ2n) is 4.95. The third-order valence-corrected chi connectivity index (χ3v) is 3.87. The smallest absolute Gasteiger partial charge is 0.269 e. The van der Waals surface area contributed by atoms with Gasteiger partial charge < -0.3 is 10.2 Å². The predicted molar refractivity (Wildman–Crippen MR) is 78.2 cm³/mol. The highest BCUT2D eigenvalue weighted by molar-refractivity contribution is 9.10. The van der Waals surface area contributed by atoms with Gasteiger partial charge >= 0.3 is 0 Å². The fraction of sp³-hybridized carbons (Fsp3) is 0.538. The Morgan fingerprint density at radius 3 is 3.00 bits per heavy atom. The Labute approximate surface area is 122 Å². The Morgan fingerprint density at radius 1 is 1.47 bits per heavy atom. The van der Waals surface area contributed by atoms with Gasteiger partial charge in [0.15, 0.2) is 0 Å². The van der Waals surface area contributed by atoms with Crippen molar-refractivity contribution < 1.29 is 4.79 Å². The SMILES string of the molecule is CN1CCN(C)C(CNC(=O)c2cccc(Br)n2)C1. The minimum atomic E-state index is -0.122. The molecule has 5 nitrogen and oxygen atoms in total. The number of piperazine rings is 1. The molecule has 0 spiro atoms. The Kier molecular flexibility index (Phi) is 4.90. The van der Waals surface area contributed by atoms with Crippen molar-refractivity contribution in [3.05, 3.63) is 28.5 Å². The molecule has 6 heteroatoms. The lowest BCUT2D eigenvalue weighted by atomic mass is 10.2. The Hall–Kier alpha value is -0.980. The van der Waals surface area contributed by atoms with E-state index in [1.165, 1.54) is 0 Å². The Bertz CT molecular complexity index is 454. The first kappa shape index (κ1) is 14.4. The lowest BCUT2D eigenvalue weighted by Crippen LogP contribution is -2.54. The molecule has 104 valence electrons. The van der Waals surface area contributed by atoms with E-state index >= 15 is 0 Å². The van der Waals surface area contributed by atoms with Gasteiger partial charge in [-0.05, 0) is 42.2 Å². The van der Waals surface area contributed by atoms with Crippen LogP contribution in [0, 0.1) is 0 Å². The van der Waals surface area contributed by atoms with Crippen molar-refractivity contribution in [2.45, 2.75) is 6.04 Å². The molecule has 0 bridgehead atoms. The lowest BCUT2D eigenvalue weighted by molar-refractivity contribution is 0.0877. The molecule has 1 aromatic rings. The van der Waals surface area contributed by atoms with Crippen molar-refractivity contribution in [3.8, 4) is 0 Å². The number of carbonyl (C=O) groups is 1. The Morgan fingerprint density at radius 2 is 2.26 bits per heavy atom. The molecule has 1 aliphatic rings. The van der Waals surface area contributed by atoms with E-state index in [4.69, 9.17) is 0 Å². The summed E-state index contributed by atoms with van der Waals surface area (Å²) < 4.78 is 0.676. The zero-order chi connectivity index (χ0) is 13.8. The van der Waals surface area contributed by atoms with Crippen molar-refractivity contribution in [3.63, 3.8) is 0 Å². The van der Waals surface area contributed by atoms with Crippen LogP contribution in [0.5, 0.6) is 0 Å². The molecule has 2 rings (SSSR count). The van der Waals surface area contributed by atoms with E-state index in [9.17, 15) is 4.79 Å². The molecule has 0 radical (unpaired) electrons. The molecule has 1 aromatic heterocycles. The maximum absolute atomic E-state index is 12.0. The fourth-order valence-corrected chi connectivity index (χ4v) is 2.50. The van der Waals surface area contributed by atoms with E-state index in [0.717, 1.165) is 19.6 Å². The number of likely N-dealkylation sites (N-methyl/N-ethyl adjacent to an activating group) is 2. The first-order valence-electron chi connectivity index (χ1n) is 6.36. The van der Waals surface area contributed by atoms with Gasteiger partial charge in [-0.3, -0.25) is 9.69 Å². The molecule has 1 atom stereocenters. The number of halogens is 1. The molecule has 1 aliphatic heterocycles. The monoisotopic (exact) mass is 326 g/mol. The number of amides is 1. The summed E-state index contributed by atoms with van der Waals surface area (Å²) in [5.41, 5.74) is 0.446. The van der Waals surface area contributed by atoms with Gasteiger partial charge in [0.05, 0.1) is 0 Å². The van der Waals surface area contributed by atoms with Gasteiger partial charge in [0.1, 0.15) is 10.3 Å². The summed E-state index contributed by atoms with van der Waals surface area (Å²) in [6.07, 6.45) is 0. The van der Waals surface area contributed by atoms with Crippen molar-refractivity contribution in [1.29, 1.82) is 0 Å². The second kappa shape index (κ2) is 6.45. The van der Waals surface area contributed by atoms with E-state index in [0.29, 0.717) is 22.9 Å². The van der Waals surface area contributed by atoms with Crippen LogP contribution in [-0.2, 0) is 0 Å². The molecule has 1 N–H and O–H groups in total. The number of hydrogen-bond acceptors (Lipinski definition) is 4. The predicted octanol–water partition coefficient (Wildman–Crippen LogP) is 0.820. The van der Waals surface area contributed by atoms with Crippen LogP contribution >= 0.6 is 15.9 Å². The minimum absolute atomic E-state index is 0.122. The maximum Gasteiger partial charge on any atom is 0.269 e. The standard InChI is InChI=1S/C13H19BrN4O/c1-17-6-7-18(2)10(9-17)8-15-13(19)11-4-3-5-12(14)16-11/h3-5,10H,6-9H2,1-2H3,(H,15,19). The number of aromatic nitrogens is 1. The number of nitrogens with one attached hydrogen (secondary N) is 1. The summed E-state index contributed by atoms with van der Waals surface area (Å²) in [5, 5.41) is 2.96. The summed E-state index contributed by atoms with van der Waals surface area (Å²) in [7, 11) is 4.21. The fourth-order valence-electron chi connectivity index (χ4n) is 2.16. The molecule has 1 fully saturated rings. The number of carbonyl (C=O) groups excluding carboxylic acids is 1. The molecule has 19 heavy (non-hydrogen) atoms. The quantitative estimate of drug-likeness (QED) is 0.835. The summed E-state index contributed by atoms with van der Waals surface area (Å²) in [6.45, 7) is 3.73. The van der Waals surface area contributed by atoms with Gasteiger partial charge in [-0.1, -0.05) is 6.07 Å². The lowest BCUT2D eigenvalue weighted by Gasteiger charge is -2.37. The van der Waals surface area contributed by atoms with E-state index in [2.05, 4.69) is 50.1 Å². The van der Waals surface area contributed by atoms with Crippen molar-refractivity contribution in [2.24, 2.45) is 0 Å². The number of nitrogens with zero attached hydrogens (tertiary/aromatic N) is 3. The van der Waals surface area contributed by atoms with Gasteiger partial charge in [-0.15, -0.1) is 0 Å².